The second kappa shape index (κ2) is 4.65. The van der Waals surface area contributed by atoms with E-state index in [2.05, 4.69) is 5.38 Å². The van der Waals surface area contributed by atoms with Gasteiger partial charge in [-0.2, -0.15) is 0 Å². The average molecular weight is 254 g/mol. The van der Waals surface area contributed by atoms with E-state index in [1.54, 1.807) is 11.3 Å². The van der Waals surface area contributed by atoms with Crippen molar-refractivity contribution in [3.8, 4) is 0 Å². The van der Waals surface area contributed by atoms with Crippen molar-refractivity contribution in [2.45, 2.75) is 30.7 Å². The molecule has 3 heterocycles. The summed E-state index contributed by atoms with van der Waals surface area (Å²) in [5.74, 6) is 0.484. The van der Waals surface area contributed by atoms with Crippen molar-refractivity contribution in [2.75, 3.05) is 26.4 Å². The van der Waals surface area contributed by atoms with Crippen LogP contribution in [0.3, 0.4) is 0 Å². The maximum absolute atomic E-state index is 6.43. The van der Waals surface area contributed by atoms with E-state index in [-0.39, 0.29) is 5.54 Å². The molecule has 0 amide bonds. The molecule has 2 saturated heterocycles. The van der Waals surface area contributed by atoms with E-state index in [0.29, 0.717) is 5.92 Å². The van der Waals surface area contributed by atoms with Crippen molar-refractivity contribution in [3.63, 3.8) is 0 Å². The first kappa shape index (κ1) is 11.6. The zero-order valence-electron chi connectivity index (χ0n) is 9.85. The van der Waals surface area contributed by atoms with Crippen LogP contribution in [0.2, 0.25) is 0 Å². The SMILES string of the molecule is NC1(c2csc(C3CCOC3)n2)CCOCC1. The second-order valence-electron chi connectivity index (χ2n) is 4.90. The zero-order valence-corrected chi connectivity index (χ0v) is 10.7. The van der Waals surface area contributed by atoms with Crippen LogP contribution in [0.25, 0.3) is 0 Å². The van der Waals surface area contributed by atoms with Gasteiger partial charge in [0.1, 0.15) is 0 Å². The Balaban J connectivity index is 1.78. The lowest BCUT2D eigenvalue weighted by Crippen LogP contribution is -2.42. The van der Waals surface area contributed by atoms with Gasteiger partial charge in [0, 0.05) is 31.1 Å². The first-order valence-electron chi connectivity index (χ1n) is 6.18. The fourth-order valence-electron chi connectivity index (χ4n) is 2.42. The minimum absolute atomic E-state index is 0.271. The molecule has 1 aromatic rings. The van der Waals surface area contributed by atoms with E-state index in [4.69, 9.17) is 20.2 Å². The molecule has 2 aliphatic heterocycles. The van der Waals surface area contributed by atoms with E-state index >= 15 is 0 Å². The van der Waals surface area contributed by atoms with Gasteiger partial charge in [-0.15, -0.1) is 11.3 Å². The molecule has 2 fully saturated rings. The number of aromatic nitrogens is 1. The smallest absolute Gasteiger partial charge is 0.0984 e. The Bertz CT molecular complexity index is 382. The number of thiazole rings is 1. The van der Waals surface area contributed by atoms with Crippen molar-refractivity contribution < 1.29 is 9.47 Å². The van der Waals surface area contributed by atoms with Crippen LogP contribution in [0.15, 0.2) is 5.38 Å². The summed E-state index contributed by atoms with van der Waals surface area (Å²) < 4.78 is 10.8. The van der Waals surface area contributed by atoms with E-state index in [1.807, 2.05) is 0 Å². The molecule has 17 heavy (non-hydrogen) atoms. The van der Waals surface area contributed by atoms with E-state index in [1.165, 1.54) is 5.01 Å². The number of nitrogens with zero attached hydrogens (tertiary/aromatic N) is 1. The highest BCUT2D eigenvalue weighted by Crippen LogP contribution is 2.34. The predicted molar refractivity (Wildman–Crippen MR) is 66.2 cm³/mol. The summed E-state index contributed by atoms with van der Waals surface area (Å²) in [6.07, 6.45) is 2.84. The van der Waals surface area contributed by atoms with E-state index < -0.39 is 0 Å². The van der Waals surface area contributed by atoms with Crippen LogP contribution in [0.1, 0.15) is 35.9 Å². The van der Waals surface area contributed by atoms with Gasteiger partial charge < -0.3 is 15.2 Å². The minimum atomic E-state index is -0.271. The zero-order chi connectivity index (χ0) is 11.7. The summed E-state index contributed by atoms with van der Waals surface area (Å²) in [6.45, 7) is 3.17. The summed E-state index contributed by atoms with van der Waals surface area (Å²) in [5, 5.41) is 3.31. The Morgan fingerprint density at radius 3 is 2.82 bits per heavy atom. The molecule has 2 N–H and O–H groups in total. The molecule has 1 atom stereocenters. The summed E-state index contributed by atoms with van der Waals surface area (Å²) >= 11 is 1.73. The molecular formula is C12H18N2O2S. The molecule has 5 heteroatoms. The Kier molecular flexibility index (Phi) is 3.17. The third kappa shape index (κ3) is 2.25. The first-order valence-corrected chi connectivity index (χ1v) is 7.06. The lowest BCUT2D eigenvalue weighted by atomic mass is 9.88. The van der Waals surface area contributed by atoms with Gasteiger partial charge >= 0.3 is 0 Å². The van der Waals surface area contributed by atoms with Crippen LogP contribution < -0.4 is 5.73 Å². The fraction of sp³-hybridized carbons (Fsp3) is 0.750. The van der Waals surface area contributed by atoms with Crippen molar-refractivity contribution in [1.82, 2.24) is 4.98 Å². The quantitative estimate of drug-likeness (QED) is 0.871. The molecule has 2 aliphatic rings. The molecule has 4 nitrogen and oxygen atoms in total. The topological polar surface area (TPSA) is 57.4 Å². The molecule has 0 bridgehead atoms. The molecule has 1 aromatic heterocycles. The fourth-order valence-corrected chi connectivity index (χ4v) is 3.47. The van der Waals surface area contributed by atoms with Gasteiger partial charge in [-0.3, -0.25) is 0 Å². The predicted octanol–water partition coefficient (Wildman–Crippen LogP) is 1.61. The van der Waals surface area contributed by atoms with E-state index in [9.17, 15) is 0 Å². The van der Waals surface area contributed by atoms with E-state index in [0.717, 1.165) is 51.4 Å². The van der Waals surface area contributed by atoms with Gasteiger partial charge in [0.15, 0.2) is 0 Å². The normalized spacial score (nSPS) is 28.4. The van der Waals surface area contributed by atoms with Gasteiger partial charge in [0.05, 0.1) is 22.8 Å². The molecule has 1 unspecified atom stereocenters. The Hall–Kier alpha value is -0.490. The first-order chi connectivity index (χ1) is 8.28. The summed E-state index contributed by atoms with van der Waals surface area (Å²) in [5.41, 5.74) is 7.20. The van der Waals surface area contributed by atoms with Gasteiger partial charge in [-0.05, 0) is 19.3 Å². The maximum Gasteiger partial charge on any atom is 0.0984 e. The Labute approximate surface area is 105 Å². The van der Waals surface area contributed by atoms with Crippen LogP contribution in [0.5, 0.6) is 0 Å². The highest BCUT2D eigenvalue weighted by Gasteiger charge is 2.33. The molecule has 3 rings (SSSR count). The minimum Gasteiger partial charge on any atom is -0.381 e. The van der Waals surface area contributed by atoms with Crippen molar-refractivity contribution in [3.05, 3.63) is 16.1 Å². The number of rotatable bonds is 2. The summed E-state index contributed by atoms with van der Waals surface area (Å²) in [7, 11) is 0. The van der Waals surface area contributed by atoms with Crippen molar-refractivity contribution in [2.24, 2.45) is 5.73 Å². The van der Waals surface area contributed by atoms with Crippen LogP contribution in [0.4, 0.5) is 0 Å². The van der Waals surface area contributed by atoms with Gasteiger partial charge in [0.25, 0.3) is 0 Å². The van der Waals surface area contributed by atoms with Crippen molar-refractivity contribution in [1.29, 1.82) is 0 Å². The van der Waals surface area contributed by atoms with Gasteiger partial charge in [-0.1, -0.05) is 0 Å². The second-order valence-corrected chi connectivity index (χ2v) is 5.79. The standard InChI is InChI=1S/C12H18N2O2S/c13-12(2-5-15-6-3-12)10-8-17-11(14-10)9-1-4-16-7-9/h8-9H,1-7,13H2. The average Bonchev–Trinajstić information content (AvgIpc) is 3.01. The number of nitrogens with two attached hydrogens (primary N) is 1. The lowest BCUT2D eigenvalue weighted by Gasteiger charge is -2.31. The van der Waals surface area contributed by atoms with Gasteiger partial charge in [0.2, 0.25) is 0 Å². The molecular weight excluding hydrogens is 236 g/mol. The van der Waals surface area contributed by atoms with Crippen LogP contribution in [-0.4, -0.2) is 31.4 Å². The molecule has 0 saturated carbocycles. The summed E-state index contributed by atoms with van der Waals surface area (Å²) in [4.78, 5) is 4.75. The van der Waals surface area contributed by atoms with Gasteiger partial charge in [-0.25, -0.2) is 4.98 Å². The van der Waals surface area contributed by atoms with Crippen LogP contribution in [-0.2, 0) is 15.0 Å². The molecule has 94 valence electrons. The highest BCUT2D eigenvalue weighted by molar-refractivity contribution is 7.09. The van der Waals surface area contributed by atoms with Crippen LogP contribution in [0, 0.1) is 0 Å². The highest BCUT2D eigenvalue weighted by atomic mass is 32.1. The van der Waals surface area contributed by atoms with Crippen LogP contribution >= 0.6 is 11.3 Å². The number of hydrogen-bond acceptors (Lipinski definition) is 5. The number of ether oxygens (including phenoxy) is 2. The molecule has 0 aliphatic carbocycles. The third-order valence-electron chi connectivity index (χ3n) is 3.70. The third-order valence-corrected chi connectivity index (χ3v) is 4.70. The molecule has 0 spiro atoms. The Morgan fingerprint density at radius 1 is 1.29 bits per heavy atom. The van der Waals surface area contributed by atoms with Crippen molar-refractivity contribution >= 4 is 11.3 Å². The maximum atomic E-state index is 6.43. The summed E-state index contributed by atoms with van der Waals surface area (Å²) in [6, 6.07) is 0. The number of hydrogen-bond donors (Lipinski definition) is 1. The lowest BCUT2D eigenvalue weighted by molar-refractivity contribution is 0.0509. The largest absolute Gasteiger partial charge is 0.381 e. The molecule has 0 aromatic carbocycles. The molecule has 0 radical (unpaired) electrons. The monoisotopic (exact) mass is 254 g/mol. The Morgan fingerprint density at radius 2 is 2.12 bits per heavy atom.